The van der Waals surface area contributed by atoms with Crippen molar-refractivity contribution < 1.29 is 32.3 Å². The number of alkyl halides is 1. The van der Waals surface area contributed by atoms with E-state index in [0.717, 1.165) is 36.2 Å². The lowest BCUT2D eigenvalue weighted by Gasteiger charge is -2.27. The van der Waals surface area contributed by atoms with Gasteiger partial charge in [-0.1, -0.05) is 23.7 Å². The van der Waals surface area contributed by atoms with E-state index in [2.05, 4.69) is 5.09 Å². The highest BCUT2D eigenvalue weighted by atomic mass is 35.5. The molecular weight excluding hydrogens is 520 g/mol. The summed E-state index contributed by atoms with van der Waals surface area (Å²) in [6.07, 6.45) is -2.64. The molecule has 6 atom stereocenters. The largest absolute Gasteiger partial charge is 0.456 e. The van der Waals surface area contributed by atoms with E-state index < -0.39 is 61.8 Å². The molecular formula is C22H26ClFN3O8P. The molecule has 2 fully saturated rings. The minimum Gasteiger partial charge on any atom is -0.456 e. The second kappa shape index (κ2) is 10.6. The fourth-order valence-electron chi connectivity index (χ4n) is 4.26. The average molecular weight is 546 g/mol. The molecule has 0 radical (unpaired) electrons. The van der Waals surface area contributed by atoms with Gasteiger partial charge in [-0.25, -0.2) is 18.8 Å². The second-order valence-electron chi connectivity index (χ2n) is 8.72. The molecule has 0 aliphatic carbocycles. The molecule has 36 heavy (non-hydrogen) atoms. The number of esters is 1. The zero-order chi connectivity index (χ0) is 26.1. The Morgan fingerprint density at radius 3 is 2.83 bits per heavy atom. The Balaban J connectivity index is 1.55. The quantitative estimate of drug-likeness (QED) is 0.414. The molecule has 11 nitrogen and oxygen atoms in total. The number of rotatable bonds is 6. The van der Waals surface area contributed by atoms with Crippen molar-refractivity contribution in [1.82, 2.24) is 14.6 Å². The fourth-order valence-corrected chi connectivity index (χ4v) is 6.03. The zero-order valence-electron chi connectivity index (χ0n) is 19.5. The molecule has 4 rings (SSSR count). The first-order chi connectivity index (χ1) is 17.0. The minimum absolute atomic E-state index is 0.337. The van der Waals surface area contributed by atoms with Gasteiger partial charge in [-0.3, -0.25) is 28.2 Å². The van der Waals surface area contributed by atoms with Gasteiger partial charge in [0, 0.05) is 30.8 Å². The van der Waals surface area contributed by atoms with Gasteiger partial charge >= 0.3 is 19.4 Å². The molecule has 2 aliphatic rings. The van der Waals surface area contributed by atoms with Gasteiger partial charge in [-0.15, -0.1) is 0 Å². The first-order valence-corrected chi connectivity index (χ1v) is 13.2. The molecule has 2 saturated heterocycles. The van der Waals surface area contributed by atoms with Crippen LogP contribution < -0.4 is 16.3 Å². The van der Waals surface area contributed by atoms with Crippen molar-refractivity contribution >= 4 is 25.3 Å². The smallest absolute Gasteiger partial charge is 0.406 e. The van der Waals surface area contributed by atoms with Crippen LogP contribution in [0.1, 0.15) is 44.6 Å². The number of aromatic amines is 1. The van der Waals surface area contributed by atoms with E-state index >= 15 is 4.39 Å². The van der Waals surface area contributed by atoms with Crippen molar-refractivity contribution in [1.29, 1.82) is 0 Å². The van der Waals surface area contributed by atoms with Crippen molar-refractivity contribution in [3.8, 4) is 0 Å². The number of carbonyl (C=O) groups excluding carboxylic acids is 1. The second-order valence-corrected chi connectivity index (χ2v) is 10.9. The van der Waals surface area contributed by atoms with Crippen LogP contribution in [-0.2, 0) is 27.9 Å². The maximum absolute atomic E-state index is 15.9. The van der Waals surface area contributed by atoms with Crippen LogP contribution in [0.25, 0.3) is 0 Å². The van der Waals surface area contributed by atoms with Gasteiger partial charge in [0.05, 0.1) is 12.7 Å². The van der Waals surface area contributed by atoms with Crippen LogP contribution in [0.3, 0.4) is 0 Å². The lowest BCUT2D eigenvalue weighted by molar-refractivity contribution is -0.155. The van der Waals surface area contributed by atoms with Gasteiger partial charge in [0.1, 0.15) is 6.10 Å². The Morgan fingerprint density at radius 1 is 1.36 bits per heavy atom. The lowest BCUT2D eigenvalue weighted by atomic mass is 9.98. The molecule has 1 aromatic heterocycles. The zero-order valence-corrected chi connectivity index (χ0v) is 21.2. The monoisotopic (exact) mass is 545 g/mol. The number of carbonyl (C=O) groups is 1. The van der Waals surface area contributed by atoms with Gasteiger partial charge < -0.3 is 9.47 Å². The van der Waals surface area contributed by atoms with E-state index in [9.17, 15) is 18.9 Å². The van der Waals surface area contributed by atoms with Gasteiger partial charge in [-0.05, 0) is 37.5 Å². The van der Waals surface area contributed by atoms with Crippen LogP contribution in [0, 0.1) is 0 Å². The molecule has 0 bridgehead atoms. The van der Waals surface area contributed by atoms with E-state index in [-0.39, 0.29) is 0 Å². The van der Waals surface area contributed by atoms with Crippen LogP contribution in [0.5, 0.6) is 0 Å². The third-order valence-corrected chi connectivity index (χ3v) is 7.79. The van der Waals surface area contributed by atoms with Gasteiger partial charge in [0.25, 0.3) is 5.56 Å². The summed E-state index contributed by atoms with van der Waals surface area (Å²) in [5.41, 5.74) is -3.27. The summed E-state index contributed by atoms with van der Waals surface area (Å²) in [5.74, 6) is -0.788. The highest BCUT2D eigenvalue weighted by Gasteiger charge is 2.58. The first kappa shape index (κ1) is 26.7. The molecule has 14 heteroatoms. The van der Waals surface area contributed by atoms with Crippen LogP contribution in [0.2, 0.25) is 5.02 Å². The standard InChI is InChI=1S/C22H26ClFN3O8P/c1-13(28)33-19-17(34-20(22(19,2)24)27-10-8-18(29)26-21(27)30)12-32-36(31)25-9-4-7-16(35-36)14-5-3-6-15(23)11-14/h3,5-6,8,10-11,16-17,19-20H,4,7,9,12H2,1-2H3,(H,25,31)(H,26,29,30)/t16?,17-,19-,20-,22-,36?/m1/s1. The van der Waals surface area contributed by atoms with Crippen molar-refractivity contribution in [2.45, 2.75) is 56.9 Å². The van der Waals surface area contributed by atoms with E-state index in [4.69, 9.17) is 30.1 Å². The van der Waals surface area contributed by atoms with Crippen molar-refractivity contribution in [2.75, 3.05) is 13.2 Å². The number of halogens is 2. The number of hydrogen-bond donors (Lipinski definition) is 2. The highest BCUT2D eigenvalue weighted by molar-refractivity contribution is 7.51. The van der Waals surface area contributed by atoms with Crippen LogP contribution >= 0.6 is 19.3 Å². The molecule has 2 aliphatic heterocycles. The van der Waals surface area contributed by atoms with Crippen LogP contribution in [0.15, 0.2) is 46.1 Å². The molecule has 3 heterocycles. The number of nitrogens with zero attached hydrogens (tertiary/aromatic N) is 1. The van der Waals surface area contributed by atoms with Crippen molar-refractivity contribution in [2.24, 2.45) is 0 Å². The Bertz CT molecular complexity index is 1280. The number of ether oxygens (including phenoxy) is 2. The maximum Gasteiger partial charge on any atom is 0.406 e. The van der Waals surface area contributed by atoms with Crippen LogP contribution in [0.4, 0.5) is 4.39 Å². The summed E-state index contributed by atoms with van der Waals surface area (Å²) in [5, 5.41) is 3.26. The Labute approximate surface area is 210 Å². The number of benzene rings is 1. The van der Waals surface area contributed by atoms with Gasteiger partial charge in [0.2, 0.25) is 0 Å². The van der Waals surface area contributed by atoms with Crippen molar-refractivity contribution in [3.05, 3.63) is 68.0 Å². The Morgan fingerprint density at radius 2 is 2.14 bits per heavy atom. The number of nitrogens with one attached hydrogen (secondary N) is 2. The molecule has 0 saturated carbocycles. The topological polar surface area (TPSA) is 138 Å². The Kier molecular flexibility index (Phi) is 7.84. The summed E-state index contributed by atoms with van der Waals surface area (Å²) >= 11 is 6.08. The summed E-state index contributed by atoms with van der Waals surface area (Å²) in [6, 6.07) is 8.00. The molecule has 1 aromatic carbocycles. The van der Waals surface area contributed by atoms with Crippen LogP contribution in [-0.4, -0.2) is 46.5 Å². The summed E-state index contributed by atoms with van der Waals surface area (Å²) in [6.45, 7) is 2.05. The predicted molar refractivity (Wildman–Crippen MR) is 126 cm³/mol. The van der Waals surface area contributed by atoms with Gasteiger partial charge in [-0.2, -0.15) is 0 Å². The molecule has 2 N–H and O–H groups in total. The molecule has 196 valence electrons. The fraction of sp³-hybridized carbons (Fsp3) is 0.500. The van der Waals surface area contributed by atoms with Gasteiger partial charge in [0.15, 0.2) is 18.0 Å². The minimum atomic E-state index is -3.91. The van der Waals surface area contributed by atoms with E-state index in [1.165, 1.54) is 0 Å². The number of H-pyrrole nitrogens is 1. The molecule has 2 unspecified atom stereocenters. The van der Waals surface area contributed by atoms with Crippen molar-refractivity contribution in [3.63, 3.8) is 0 Å². The van der Waals surface area contributed by atoms with E-state index in [0.29, 0.717) is 24.4 Å². The summed E-state index contributed by atoms with van der Waals surface area (Å²) in [7, 11) is -3.91. The number of hydrogen-bond acceptors (Lipinski definition) is 8. The van der Waals surface area contributed by atoms with E-state index in [1.54, 1.807) is 24.3 Å². The summed E-state index contributed by atoms with van der Waals surface area (Å²) in [4.78, 5) is 37.5. The highest BCUT2D eigenvalue weighted by Crippen LogP contribution is 2.52. The maximum atomic E-state index is 15.9. The predicted octanol–water partition coefficient (Wildman–Crippen LogP) is 3.01. The Hall–Kier alpha value is -2.34. The first-order valence-electron chi connectivity index (χ1n) is 11.3. The third kappa shape index (κ3) is 5.80. The summed E-state index contributed by atoms with van der Waals surface area (Å²) < 4.78 is 52.6. The molecule has 2 aromatic rings. The average Bonchev–Trinajstić information content (AvgIpc) is 2.93. The molecule has 0 spiro atoms. The number of aromatic nitrogens is 2. The normalized spacial score (nSPS) is 32.7. The molecule has 0 amide bonds. The van der Waals surface area contributed by atoms with E-state index in [1.807, 2.05) is 4.98 Å². The SMILES string of the molecule is CC(=O)O[C@@H]1[C@@H](COP2(=O)NCCCC(c3cccc(Cl)c3)O2)O[C@@H](n2ccc(=O)[nH]c2=O)[C@]1(C)F. The third-order valence-electron chi connectivity index (χ3n) is 5.92. The lowest BCUT2D eigenvalue weighted by Crippen LogP contribution is -2.45.